The first kappa shape index (κ1) is 20.5. The van der Waals surface area contributed by atoms with Crippen LogP contribution in [0.3, 0.4) is 0 Å². The van der Waals surface area contributed by atoms with E-state index in [9.17, 15) is 28.1 Å². The number of carbonyl (C=O) groups excluding carboxylic acids is 1. The van der Waals surface area contributed by atoms with Gasteiger partial charge in [-0.3, -0.25) is 10.1 Å². The van der Waals surface area contributed by atoms with E-state index in [2.05, 4.69) is 0 Å². The molecular weight excluding hydrogens is 345 g/mol. The first-order chi connectivity index (χ1) is 11.3. The van der Waals surface area contributed by atoms with Crippen LogP contribution in [-0.2, 0) is 10.9 Å². The molecule has 1 aromatic carbocycles. The van der Waals surface area contributed by atoms with E-state index in [1.807, 2.05) is 0 Å². The molecule has 0 aliphatic heterocycles. The summed E-state index contributed by atoms with van der Waals surface area (Å²) in [5, 5.41) is 10.9. The van der Waals surface area contributed by atoms with Crippen LogP contribution in [0.2, 0.25) is 0 Å². The van der Waals surface area contributed by atoms with E-state index in [1.165, 1.54) is 11.9 Å². The summed E-state index contributed by atoms with van der Waals surface area (Å²) in [7, 11) is 1.44. The summed E-state index contributed by atoms with van der Waals surface area (Å²) >= 11 is 0. The minimum Gasteiger partial charge on any atom is -0.485 e. The molecule has 0 spiro atoms. The molecule has 0 N–H and O–H groups in total. The van der Waals surface area contributed by atoms with Crippen LogP contribution < -0.4 is 4.74 Å². The smallest absolute Gasteiger partial charge is 0.416 e. The molecule has 140 valence electrons. The second kappa shape index (κ2) is 7.58. The van der Waals surface area contributed by atoms with Crippen LogP contribution in [0.4, 0.5) is 23.7 Å². The van der Waals surface area contributed by atoms with Gasteiger partial charge in [0.2, 0.25) is 0 Å². The van der Waals surface area contributed by atoms with Gasteiger partial charge in [-0.2, -0.15) is 13.2 Å². The molecule has 0 aliphatic rings. The fourth-order valence-electron chi connectivity index (χ4n) is 1.68. The highest BCUT2D eigenvalue weighted by Gasteiger charge is 2.33. The molecule has 0 heterocycles. The fraction of sp³-hybridized carbons (Fsp3) is 0.533. The van der Waals surface area contributed by atoms with Gasteiger partial charge in [0.1, 0.15) is 12.2 Å². The SMILES string of the molecule is CN(CCOc1ccc(C(F)(F)F)cc1[N+](=O)[O-])C(=O)OC(C)(C)C. The largest absolute Gasteiger partial charge is 0.485 e. The topological polar surface area (TPSA) is 81.9 Å². The molecule has 1 amide bonds. The lowest BCUT2D eigenvalue weighted by Crippen LogP contribution is -2.36. The van der Waals surface area contributed by atoms with Gasteiger partial charge in [-0.1, -0.05) is 0 Å². The summed E-state index contributed by atoms with van der Waals surface area (Å²) in [6.45, 7) is 4.97. The van der Waals surface area contributed by atoms with Crippen LogP contribution in [0.1, 0.15) is 26.3 Å². The van der Waals surface area contributed by atoms with Gasteiger partial charge < -0.3 is 14.4 Å². The zero-order valence-corrected chi connectivity index (χ0v) is 14.2. The van der Waals surface area contributed by atoms with Crippen molar-refractivity contribution in [3.05, 3.63) is 33.9 Å². The molecule has 0 aliphatic carbocycles. The number of hydrogen-bond acceptors (Lipinski definition) is 5. The van der Waals surface area contributed by atoms with Gasteiger partial charge in [-0.15, -0.1) is 0 Å². The average molecular weight is 364 g/mol. The normalized spacial score (nSPS) is 11.8. The van der Waals surface area contributed by atoms with Crippen molar-refractivity contribution < 1.29 is 32.4 Å². The van der Waals surface area contributed by atoms with Gasteiger partial charge in [0.15, 0.2) is 5.75 Å². The summed E-state index contributed by atoms with van der Waals surface area (Å²) in [6, 6.07) is 1.99. The van der Waals surface area contributed by atoms with Gasteiger partial charge in [-0.25, -0.2) is 4.79 Å². The van der Waals surface area contributed by atoms with E-state index in [4.69, 9.17) is 9.47 Å². The molecule has 7 nitrogen and oxygen atoms in total. The Morgan fingerprint density at radius 3 is 2.36 bits per heavy atom. The summed E-state index contributed by atoms with van der Waals surface area (Å²) in [6.07, 6.45) is -5.31. The van der Waals surface area contributed by atoms with Gasteiger partial charge >= 0.3 is 18.0 Å². The summed E-state index contributed by atoms with van der Waals surface area (Å²) in [5.41, 5.74) is -2.62. The molecule has 0 radical (unpaired) electrons. The Hall–Kier alpha value is -2.52. The lowest BCUT2D eigenvalue weighted by atomic mass is 10.2. The quantitative estimate of drug-likeness (QED) is 0.585. The molecule has 1 rings (SSSR count). The van der Waals surface area contributed by atoms with Crippen molar-refractivity contribution >= 4 is 11.8 Å². The van der Waals surface area contributed by atoms with Crippen molar-refractivity contribution in [1.82, 2.24) is 4.90 Å². The molecule has 10 heteroatoms. The first-order valence-electron chi connectivity index (χ1n) is 7.24. The Bertz CT molecular complexity index is 641. The van der Waals surface area contributed by atoms with E-state index in [1.54, 1.807) is 20.8 Å². The third-order valence-corrected chi connectivity index (χ3v) is 2.87. The predicted molar refractivity (Wildman–Crippen MR) is 82.5 cm³/mol. The molecule has 0 saturated carbocycles. The van der Waals surface area contributed by atoms with Crippen LogP contribution in [-0.4, -0.2) is 41.7 Å². The highest BCUT2D eigenvalue weighted by atomic mass is 19.4. The Labute approximate surface area is 142 Å². The Kier molecular flexibility index (Phi) is 6.22. The number of nitro benzene ring substituents is 1. The Morgan fingerprint density at radius 2 is 1.88 bits per heavy atom. The van der Waals surface area contributed by atoms with Crippen LogP contribution >= 0.6 is 0 Å². The molecule has 0 fully saturated rings. The van der Waals surface area contributed by atoms with Crippen molar-refractivity contribution in [3.63, 3.8) is 0 Å². The zero-order chi connectivity index (χ0) is 19.4. The molecule has 0 unspecified atom stereocenters. The second-order valence-electron chi connectivity index (χ2n) is 6.19. The minimum atomic E-state index is -4.69. The van der Waals surface area contributed by atoms with Crippen molar-refractivity contribution in [3.8, 4) is 5.75 Å². The second-order valence-corrected chi connectivity index (χ2v) is 6.19. The van der Waals surface area contributed by atoms with Crippen molar-refractivity contribution in [1.29, 1.82) is 0 Å². The minimum absolute atomic E-state index is 0.0348. The summed E-state index contributed by atoms with van der Waals surface area (Å²) < 4.78 is 48.1. The van der Waals surface area contributed by atoms with E-state index in [0.717, 1.165) is 6.07 Å². The Morgan fingerprint density at radius 1 is 1.28 bits per heavy atom. The fourth-order valence-corrected chi connectivity index (χ4v) is 1.68. The van der Waals surface area contributed by atoms with Gasteiger partial charge in [0, 0.05) is 13.1 Å². The molecule has 0 aromatic heterocycles. The van der Waals surface area contributed by atoms with Crippen molar-refractivity contribution in [2.75, 3.05) is 20.2 Å². The summed E-state index contributed by atoms with van der Waals surface area (Å²) in [4.78, 5) is 22.9. The highest BCUT2D eigenvalue weighted by Crippen LogP contribution is 2.35. The number of likely N-dealkylation sites (N-methyl/N-ethyl adjacent to an activating group) is 1. The number of carbonyl (C=O) groups is 1. The van der Waals surface area contributed by atoms with E-state index < -0.39 is 34.0 Å². The van der Waals surface area contributed by atoms with Crippen LogP contribution in [0.15, 0.2) is 18.2 Å². The van der Waals surface area contributed by atoms with Crippen LogP contribution in [0.5, 0.6) is 5.75 Å². The van der Waals surface area contributed by atoms with E-state index >= 15 is 0 Å². The number of hydrogen-bond donors (Lipinski definition) is 0. The molecular formula is C15H19F3N2O5. The number of alkyl halides is 3. The van der Waals surface area contributed by atoms with Crippen molar-refractivity contribution in [2.24, 2.45) is 0 Å². The number of nitro groups is 1. The van der Waals surface area contributed by atoms with Gasteiger partial charge in [-0.05, 0) is 32.9 Å². The number of halogens is 3. The highest BCUT2D eigenvalue weighted by molar-refractivity contribution is 5.67. The average Bonchev–Trinajstić information content (AvgIpc) is 2.44. The number of ether oxygens (including phenoxy) is 2. The monoisotopic (exact) mass is 364 g/mol. The van der Waals surface area contributed by atoms with Gasteiger partial charge in [0.25, 0.3) is 0 Å². The standard InChI is InChI=1S/C15H19F3N2O5/c1-14(2,3)25-13(21)19(4)7-8-24-12-6-5-10(15(16,17)18)9-11(12)20(22)23/h5-6,9H,7-8H2,1-4H3. The van der Waals surface area contributed by atoms with Crippen LogP contribution in [0.25, 0.3) is 0 Å². The third-order valence-electron chi connectivity index (χ3n) is 2.87. The zero-order valence-electron chi connectivity index (χ0n) is 14.2. The van der Waals surface area contributed by atoms with Gasteiger partial charge in [0.05, 0.1) is 17.0 Å². The van der Waals surface area contributed by atoms with E-state index in [0.29, 0.717) is 12.1 Å². The molecule has 25 heavy (non-hydrogen) atoms. The maximum Gasteiger partial charge on any atom is 0.416 e. The number of rotatable bonds is 5. The number of nitrogens with zero attached hydrogens (tertiary/aromatic N) is 2. The van der Waals surface area contributed by atoms with Crippen LogP contribution in [0, 0.1) is 10.1 Å². The Balaban J connectivity index is 2.74. The third kappa shape index (κ3) is 6.48. The lowest BCUT2D eigenvalue weighted by molar-refractivity contribution is -0.386. The lowest BCUT2D eigenvalue weighted by Gasteiger charge is -2.24. The van der Waals surface area contributed by atoms with E-state index in [-0.39, 0.29) is 18.9 Å². The predicted octanol–water partition coefficient (Wildman–Crippen LogP) is 3.86. The molecule has 1 aromatic rings. The summed E-state index contributed by atoms with van der Waals surface area (Å²) in [5.74, 6) is -0.310. The maximum atomic E-state index is 12.6. The molecule has 0 bridgehead atoms. The first-order valence-corrected chi connectivity index (χ1v) is 7.24. The van der Waals surface area contributed by atoms with Crippen molar-refractivity contribution in [2.45, 2.75) is 32.5 Å². The molecule has 0 atom stereocenters. The molecule has 0 saturated heterocycles. The number of benzene rings is 1. The number of amides is 1. The maximum absolute atomic E-state index is 12.6.